The molecule has 16 heavy (non-hydrogen) atoms. The summed E-state index contributed by atoms with van der Waals surface area (Å²) in [5.74, 6) is 0. The largest absolute Gasteiger partial charge is 0.267 e. The van der Waals surface area contributed by atoms with Gasteiger partial charge in [0.1, 0.15) is 0 Å². The van der Waals surface area contributed by atoms with Crippen molar-refractivity contribution in [3.05, 3.63) is 40.6 Å². The molecule has 0 aliphatic heterocycles. The van der Waals surface area contributed by atoms with Gasteiger partial charge in [-0.25, -0.2) is 0 Å². The molecule has 84 valence electrons. The maximum Gasteiger partial charge on any atom is 0.0571 e. The minimum absolute atomic E-state index is 0.404. The van der Waals surface area contributed by atoms with Crippen molar-refractivity contribution in [3.8, 4) is 11.1 Å². The molecule has 3 heteroatoms. The molecule has 0 atom stereocenters. The van der Waals surface area contributed by atoms with Gasteiger partial charge in [-0.15, -0.1) is 0 Å². The van der Waals surface area contributed by atoms with Crippen LogP contribution < -0.4 is 0 Å². The fraction of sp³-hybridized carbons (Fsp3) is 0.308. The van der Waals surface area contributed by atoms with Crippen molar-refractivity contribution in [2.75, 3.05) is 0 Å². The van der Waals surface area contributed by atoms with Crippen molar-refractivity contribution in [2.24, 2.45) is 0 Å². The molecule has 0 bridgehead atoms. The topological polar surface area (TPSA) is 17.8 Å². The Balaban J connectivity index is 2.49. The SMILES string of the molecule is Cc1c(-c2cccc(Br)c2)cnn1C(C)C. The predicted molar refractivity (Wildman–Crippen MR) is 70.5 cm³/mol. The summed E-state index contributed by atoms with van der Waals surface area (Å²) < 4.78 is 3.15. The molecular formula is C13H15BrN2. The van der Waals surface area contributed by atoms with Gasteiger partial charge in [-0.05, 0) is 38.5 Å². The van der Waals surface area contributed by atoms with Crippen LogP contribution in [0.15, 0.2) is 34.9 Å². The van der Waals surface area contributed by atoms with Crippen molar-refractivity contribution >= 4 is 15.9 Å². The first-order valence-electron chi connectivity index (χ1n) is 5.39. The zero-order valence-electron chi connectivity index (χ0n) is 9.74. The van der Waals surface area contributed by atoms with Crippen molar-refractivity contribution in [3.63, 3.8) is 0 Å². The standard InChI is InChI=1S/C13H15BrN2/c1-9(2)16-10(3)13(8-15-16)11-5-4-6-12(14)7-11/h4-9H,1-3H3. The maximum absolute atomic E-state index is 4.42. The van der Waals surface area contributed by atoms with Gasteiger partial charge >= 0.3 is 0 Å². The van der Waals surface area contributed by atoms with E-state index >= 15 is 0 Å². The molecule has 0 N–H and O–H groups in total. The van der Waals surface area contributed by atoms with Crippen molar-refractivity contribution in [2.45, 2.75) is 26.8 Å². The average Bonchev–Trinajstić information content (AvgIpc) is 2.60. The Morgan fingerprint density at radius 1 is 1.31 bits per heavy atom. The average molecular weight is 279 g/mol. The summed E-state index contributed by atoms with van der Waals surface area (Å²) in [6.07, 6.45) is 1.94. The van der Waals surface area contributed by atoms with Gasteiger partial charge in [0.2, 0.25) is 0 Å². The summed E-state index contributed by atoms with van der Waals surface area (Å²) in [5.41, 5.74) is 3.63. The van der Waals surface area contributed by atoms with E-state index in [0.717, 1.165) is 4.47 Å². The zero-order chi connectivity index (χ0) is 11.7. The van der Waals surface area contributed by atoms with Crippen LogP contribution in [-0.2, 0) is 0 Å². The van der Waals surface area contributed by atoms with Gasteiger partial charge in [0.05, 0.1) is 6.20 Å². The third-order valence-corrected chi connectivity index (χ3v) is 3.16. The molecule has 1 heterocycles. The first-order valence-corrected chi connectivity index (χ1v) is 6.19. The Morgan fingerprint density at radius 3 is 2.62 bits per heavy atom. The summed E-state index contributed by atoms with van der Waals surface area (Å²) in [6.45, 7) is 6.40. The third-order valence-electron chi connectivity index (χ3n) is 2.67. The Hall–Kier alpha value is -1.09. The summed E-state index contributed by atoms with van der Waals surface area (Å²) >= 11 is 3.49. The van der Waals surface area contributed by atoms with E-state index in [1.54, 1.807) is 0 Å². The van der Waals surface area contributed by atoms with Gasteiger partial charge in [0.15, 0.2) is 0 Å². The number of benzene rings is 1. The van der Waals surface area contributed by atoms with Crippen LogP contribution in [0.4, 0.5) is 0 Å². The van der Waals surface area contributed by atoms with Crippen LogP contribution in [0.25, 0.3) is 11.1 Å². The monoisotopic (exact) mass is 278 g/mol. The fourth-order valence-electron chi connectivity index (χ4n) is 1.88. The van der Waals surface area contributed by atoms with Crippen LogP contribution in [-0.4, -0.2) is 9.78 Å². The lowest BCUT2D eigenvalue weighted by atomic mass is 10.1. The molecule has 0 spiro atoms. The highest BCUT2D eigenvalue weighted by molar-refractivity contribution is 9.10. The number of rotatable bonds is 2. The second-order valence-electron chi connectivity index (χ2n) is 4.19. The van der Waals surface area contributed by atoms with Gasteiger partial charge < -0.3 is 0 Å². The van der Waals surface area contributed by atoms with E-state index in [-0.39, 0.29) is 0 Å². The highest BCUT2D eigenvalue weighted by Gasteiger charge is 2.10. The molecule has 2 aromatic rings. The summed E-state index contributed by atoms with van der Waals surface area (Å²) in [6, 6.07) is 8.71. The summed E-state index contributed by atoms with van der Waals surface area (Å²) in [5, 5.41) is 4.42. The second kappa shape index (κ2) is 4.42. The first kappa shape index (κ1) is 11.4. The molecule has 0 aliphatic carbocycles. The Kier molecular flexibility index (Phi) is 3.15. The van der Waals surface area contributed by atoms with E-state index in [2.05, 4.69) is 58.6 Å². The quantitative estimate of drug-likeness (QED) is 0.805. The highest BCUT2D eigenvalue weighted by Crippen LogP contribution is 2.26. The minimum Gasteiger partial charge on any atom is -0.267 e. The van der Waals surface area contributed by atoms with Crippen LogP contribution in [0.3, 0.4) is 0 Å². The summed E-state index contributed by atoms with van der Waals surface area (Å²) in [7, 11) is 0. The van der Waals surface area contributed by atoms with Crippen molar-refractivity contribution in [1.29, 1.82) is 0 Å². The normalized spacial score (nSPS) is 11.1. The molecular weight excluding hydrogens is 264 g/mol. The molecule has 0 saturated carbocycles. The van der Waals surface area contributed by atoms with E-state index in [9.17, 15) is 0 Å². The smallest absolute Gasteiger partial charge is 0.0571 e. The van der Waals surface area contributed by atoms with E-state index in [1.807, 2.05) is 18.3 Å². The summed E-state index contributed by atoms with van der Waals surface area (Å²) in [4.78, 5) is 0. The number of hydrogen-bond acceptors (Lipinski definition) is 1. The lowest BCUT2D eigenvalue weighted by Gasteiger charge is -2.08. The third kappa shape index (κ3) is 2.05. The lowest BCUT2D eigenvalue weighted by molar-refractivity contribution is 0.519. The second-order valence-corrected chi connectivity index (χ2v) is 5.11. The molecule has 0 aliphatic rings. The van der Waals surface area contributed by atoms with Crippen LogP contribution in [0.2, 0.25) is 0 Å². The van der Waals surface area contributed by atoms with Gasteiger partial charge in [-0.1, -0.05) is 28.1 Å². The first-order chi connectivity index (χ1) is 7.59. The fourth-order valence-corrected chi connectivity index (χ4v) is 2.28. The van der Waals surface area contributed by atoms with Crippen LogP contribution in [0.1, 0.15) is 25.6 Å². The molecule has 2 nitrogen and oxygen atoms in total. The van der Waals surface area contributed by atoms with Crippen LogP contribution in [0, 0.1) is 6.92 Å². The minimum atomic E-state index is 0.404. The van der Waals surface area contributed by atoms with Crippen LogP contribution >= 0.6 is 15.9 Å². The van der Waals surface area contributed by atoms with E-state index in [1.165, 1.54) is 16.8 Å². The van der Waals surface area contributed by atoms with E-state index in [4.69, 9.17) is 0 Å². The molecule has 0 unspecified atom stereocenters. The predicted octanol–water partition coefficient (Wildman–Crippen LogP) is 4.20. The van der Waals surface area contributed by atoms with Gasteiger partial charge in [-0.3, -0.25) is 4.68 Å². The molecule has 2 rings (SSSR count). The molecule has 0 radical (unpaired) electrons. The van der Waals surface area contributed by atoms with E-state index < -0.39 is 0 Å². The number of halogens is 1. The van der Waals surface area contributed by atoms with Gasteiger partial charge in [-0.2, -0.15) is 5.10 Å². The zero-order valence-corrected chi connectivity index (χ0v) is 11.3. The van der Waals surface area contributed by atoms with Crippen LogP contribution in [0.5, 0.6) is 0 Å². The van der Waals surface area contributed by atoms with Crippen molar-refractivity contribution in [1.82, 2.24) is 9.78 Å². The molecule has 0 saturated heterocycles. The Morgan fingerprint density at radius 2 is 2.06 bits per heavy atom. The lowest BCUT2D eigenvalue weighted by Crippen LogP contribution is -2.04. The molecule has 0 amide bonds. The number of aromatic nitrogens is 2. The highest BCUT2D eigenvalue weighted by atomic mass is 79.9. The van der Waals surface area contributed by atoms with Gasteiger partial charge in [0, 0.05) is 21.8 Å². The number of hydrogen-bond donors (Lipinski definition) is 0. The number of nitrogens with zero attached hydrogens (tertiary/aromatic N) is 2. The maximum atomic E-state index is 4.42. The molecule has 1 aromatic carbocycles. The molecule has 0 fully saturated rings. The molecule has 1 aromatic heterocycles. The Labute approximate surface area is 104 Å². The van der Waals surface area contributed by atoms with Crippen molar-refractivity contribution < 1.29 is 0 Å². The van der Waals surface area contributed by atoms with E-state index in [0.29, 0.717) is 6.04 Å². The van der Waals surface area contributed by atoms with Gasteiger partial charge in [0.25, 0.3) is 0 Å². The Bertz CT molecular complexity index is 500.